The maximum absolute atomic E-state index is 12.5. The van der Waals surface area contributed by atoms with Gasteiger partial charge in [0.2, 0.25) is 0 Å². The monoisotopic (exact) mass is 432 g/mol. The Bertz CT molecular complexity index is 601. The highest BCUT2D eigenvalue weighted by molar-refractivity contribution is 6.74. The standard InChI is InChI=1S/C20H40O6Si2/c1-19(2,3)27(8,9)25-16-13(18(23)24-7)12-14(21)15(22)17(16)26-28(10,11)20(4,5)6/h12,14-17,21-22H,1-11H3/t14-,15-,16+,17+/m1/s1. The van der Waals surface area contributed by atoms with Gasteiger partial charge in [-0.3, -0.25) is 0 Å². The molecule has 0 saturated carbocycles. The Balaban J connectivity index is 3.46. The van der Waals surface area contributed by atoms with Gasteiger partial charge in [0, 0.05) is 0 Å². The molecule has 1 aliphatic carbocycles. The third-order valence-corrected chi connectivity index (χ3v) is 15.5. The molecule has 0 aromatic rings. The van der Waals surface area contributed by atoms with E-state index in [4.69, 9.17) is 13.6 Å². The summed E-state index contributed by atoms with van der Waals surface area (Å²) in [6, 6.07) is 0. The first-order valence-electron chi connectivity index (χ1n) is 9.87. The molecule has 0 aromatic heterocycles. The molecule has 0 radical (unpaired) electrons. The van der Waals surface area contributed by atoms with E-state index in [-0.39, 0.29) is 15.6 Å². The van der Waals surface area contributed by atoms with Gasteiger partial charge in [0.1, 0.15) is 24.4 Å². The van der Waals surface area contributed by atoms with E-state index in [1.54, 1.807) is 0 Å². The molecule has 0 heterocycles. The topological polar surface area (TPSA) is 85.2 Å². The molecule has 0 aromatic carbocycles. The normalized spacial score (nSPS) is 27.4. The van der Waals surface area contributed by atoms with Crippen molar-refractivity contribution in [2.75, 3.05) is 7.11 Å². The average molecular weight is 433 g/mol. The fraction of sp³-hybridized carbons (Fsp3) is 0.850. The van der Waals surface area contributed by atoms with Gasteiger partial charge in [0.05, 0.1) is 12.7 Å². The van der Waals surface area contributed by atoms with Crippen molar-refractivity contribution in [3.05, 3.63) is 11.6 Å². The molecule has 0 saturated heterocycles. The first kappa shape index (κ1) is 25.5. The van der Waals surface area contributed by atoms with Crippen molar-refractivity contribution in [3.63, 3.8) is 0 Å². The van der Waals surface area contributed by atoms with Gasteiger partial charge < -0.3 is 23.8 Å². The zero-order valence-electron chi connectivity index (χ0n) is 19.4. The molecule has 6 nitrogen and oxygen atoms in total. The number of esters is 1. The van der Waals surface area contributed by atoms with Gasteiger partial charge in [-0.05, 0) is 42.3 Å². The second kappa shape index (κ2) is 8.31. The predicted octanol–water partition coefficient (Wildman–Crippen LogP) is 3.60. The highest BCUT2D eigenvalue weighted by atomic mass is 28.4. The third-order valence-electron chi connectivity index (χ3n) is 6.53. The summed E-state index contributed by atoms with van der Waals surface area (Å²) in [6.45, 7) is 21.0. The number of ether oxygens (including phenoxy) is 1. The Labute approximate surface area is 172 Å². The molecule has 1 rings (SSSR count). The Morgan fingerprint density at radius 1 is 0.929 bits per heavy atom. The molecule has 0 bridgehead atoms. The lowest BCUT2D eigenvalue weighted by Crippen LogP contribution is -2.60. The van der Waals surface area contributed by atoms with E-state index >= 15 is 0 Å². The van der Waals surface area contributed by atoms with Gasteiger partial charge in [-0.1, -0.05) is 41.5 Å². The SMILES string of the molecule is COC(=O)C1=C[C@@H](O)[C@@H](O)[C@H](O[Si](C)(C)C(C)(C)C)[C@H]1O[Si](C)(C)C(C)(C)C. The van der Waals surface area contributed by atoms with Gasteiger partial charge in [0.25, 0.3) is 0 Å². The van der Waals surface area contributed by atoms with Gasteiger partial charge in [-0.15, -0.1) is 0 Å². The van der Waals surface area contributed by atoms with E-state index in [0.717, 1.165) is 0 Å². The fourth-order valence-electron chi connectivity index (χ4n) is 2.50. The van der Waals surface area contributed by atoms with Crippen LogP contribution in [0.2, 0.25) is 36.3 Å². The molecule has 28 heavy (non-hydrogen) atoms. The Morgan fingerprint density at radius 3 is 1.75 bits per heavy atom. The summed E-state index contributed by atoms with van der Waals surface area (Å²) in [5.41, 5.74) is 0.217. The van der Waals surface area contributed by atoms with Crippen molar-refractivity contribution in [2.24, 2.45) is 0 Å². The lowest BCUT2D eigenvalue weighted by Gasteiger charge is -2.48. The van der Waals surface area contributed by atoms with Crippen LogP contribution in [0.25, 0.3) is 0 Å². The number of aliphatic hydroxyl groups is 2. The van der Waals surface area contributed by atoms with Crippen LogP contribution in [0.1, 0.15) is 41.5 Å². The van der Waals surface area contributed by atoms with Crippen LogP contribution in [0.15, 0.2) is 11.6 Å². The van der Waals surface area contributed by atoms with Crippen LogP contribution in [-0.4, -0.2) is 64.3 Å². The van der Waals surface area contributed by atoms with E-state index in [9.17, 15) is 15.0 Å². The minimum Gasteiger partial charge on any atom is -0.466 e. The number of hydrogen-bond acceptors (Lipinski definition) is 6. The predicted molar refractivity (Wildman–Crippen MR) is 116 cm³/mol. The lowest BCUT2D eigenvalue weighted by molar-refractivity contribution is -0.140. The molecule has 1 aliphatic rings. The molecule has 4 atom stereocenters. The van der Waals surface area contributed by atoms with Gasteiger partial charge >= 0.3 is 5.97 Å². The van der Waals surface area contributed by atoms with Crippen LogP contribution in [0.4, 0.5) is 0 Å². The van der Waals surface area contributed by atoms with Crippen molar-refractivity contribution in [2.45, 2.75) is 102 Å². The summed E-state index contributed by atoms with van der Waals surface area (Å²) >= 11 is 0. The van der Waals surface area contributed by atoms with Crippen molar-refractivity contribution in [3.8, 4) is 0 Å². The smallest absolute Gasteiger partial charge is 0.336 e. The van der Waals surface area contributed by atoms with Crippen LogP contribution in [-0.2, 0) is 18.4 Å². The van der Waals surface area contributed by atoms with Crippen LogP contribution >= 0.6 is 0 Å². The molecule has 0 amide bonds. The largest absolute Gasteiger partial charge is 0.466 e. The Kier molecular flexibility index (Phi) is 7.58. The molecule has 0 aliphatic heterocycles. The molecule has 0 fully saturated rings. The van der Waals surface area contributed by atoms with Crippen LogP contribution in [0, 0.1) is 0 Å². The van der Waals surface area contributed by atoms with Crippen molar-refractivity contribution >= 4 is 22.6 Å². The van der Waals surface area contributed by atoms with E-state index in [1.165, 1.54) is 13.2 Å². The number of carbonyl (C=O) groups excluding carboxylic acids is 1. The minimum atomic E-state index is -2.32. The highest BCUT2D eigenvalue weighted by Crippen LogP contribution is 2.43. The number of hydrogen-bond donors (Lipinski definition) is 2. The lowest BCUT2D eigenvalue weighted by atomic mass is 9.89. The number of rotatable bonds is 5. The number of carbonyl (C=O) groups is 1. The maximum atomic E-state index is 12.5. The second-order valence-electron chi connectivity index (χ2n) is 10.7. The summed E-state index contributed by atoms with van der Waals surface area (Å²) < 4.78 is 18.0. The fourth-order valence-corrected chi connectivity index (χ4v) is 5.05. The van der Waals surface area contributed by atoms with Crippen LogP contribution < -0.4 is 0 Å². The summed E-state index contributed by atoms with van der Waals surface area (Å²) in [6.07, 6.45) is -2.69. The minimum absolute atomic E-state index is 0.100. The maximum Gasteiger partial charge on any atom is 0.336 e. The van der Waals surface area contributed by atoms with E-state index in [1.807, 2.05) is 0 Å². The molecule has 164 valence electrons. The molecule has 2 N–H and O–H groups in total. The molecule has 0 spiro atoms. The second-order valence-corrected chi connectivity index (χ2v) is 20.2. The molecular weight excluding hydrogens is 392 g/mol. The van der Waals surface area contributed by atoms with Crippen molar-refractivity contribution < 1.29 is 28.6 Å². The first-order chi connectivity index (χ1) is 12.4. The number of methoxy groups -OCH3 is 1. The number of aliphatic hydroxyl groups excluding tert-OH is 2. The van der Waals surface area contributed by atoms with Gasteiger partial charge in [0.15, 0.2) is 16.6 Å². The highest BCUT2D eigenvalue weighted by Gasteiger charge is 2.51. The van der Waals surface area contributed by atoms with Crippen molar-refractivity contribution in [1.29, 1.82) is 0 Å². The van der Waals surface area contributed by atoms with Crippen molar-refractivity contribution in [1.82, 2.24) is 0 Å². The Morgan fingerprint density at radius 2 is 1.36 bits per heavy atom. The van der Waals surface area contributed by atoms with Crippen LogP contribution in [0.3, 0.4) is 0 Å². The summed E-state index contributed by atoms with van der Waals surface area (Å²) in [7, 11) is -3.33. The third kappa shape index (κ3) is 5.34. The van der Waals surface area contributed by atoms with E-state index < -0.39 is 47.0 Å². The zero-order chi connectivity index (χ0) is 22.3. The van der Waals surface area contributed by atoms with Gasteiger partial charge in [-0.2, -0.15) is 0 Å². The summed E-state index contributed by atoms with van der Waals surface area (Å²) in [5, 5.41) is 21.0. The average Bonchev–Trinajstić information content (AvgIpc) is 2.51. The summed E-state index contributed by atoms with van der Waals surface area (Å²) in [5.74, 6) is -0.571. The van der Waals surface area contributed by atoms with E-state index in [0.29, 0.717) is 0 Å². The molecule has 0 unspecified atom stereocenters. The summed E-state index contributed by atoms with van der Waals surface area (Å²) in [4.78, 5) is 12.5. The molecule has 8 heteroatoms. The molecular formula is C20H40O6Si2. The zero-order valence-corrected chi connectivity index (χ0v) is 21.4. The quantitative estimate of drug-likeness (QED) is 0.510. The first-order valence-corrected chi connectivity index (χ1v) is 15.7. The van der Waals surface area contributed by atoms with Crippen LogP contribution in [0.5, 0.6) is 0 Å². The Hall–Kier alpha value is -0.516. The van der Waals surface area contributed by atoms with Gasteiger partial charge in [-0.25, -0.2) is 4.79 Å². The van der Waals surface area contributed by atoms with E-state index in [2.05, 4.69) is 67.7 Å².